The van der Waals surface area contributed by atoms with Gasteiger partial charge in [0.05, 0.1) is 29.9 Å². The van der Waals surface area contributed by atoms with E-state index in [9.17, 15) is 24.9 Å². The molecule has 1 heterocycles. The number of aromatic carboxylic acids is 2. The highest BCUT2D eigenvalue weighted by Crippen LogP contribution is 2.34. The van der Waals surface area contributed by atoms with E-state index in [2.05, 4.69) is 0 Å². The smallest absolute Gasteiger partial charge is 0.335 e. The Hall–Kier alpha value is -2.98. The van der Waals surface area contributed by atoms with Gasteiger partial charge in [-0.2, -0.15) is 0 Å². The van der Waals surface area contributed by atoms with Gasteiger partial charge in [0.1, 0.15) is 23.7 Å². The first-order valence-electron chi connectivity index (χ1n) is 8.80. The SMILES string of the molecule is O=C(O)c1cc(Oc2cccc(C3OC(CO)CC(O)C3O)c2)cc(C(=O)O)c1. The monoisotopic (exact) mass is 404 g/mol. The zero-order valence-corrected chi connectivity index (χ0v) is 15.1. The number of carbonyl (C=O) groups is 2. The van der Waals surface area contributed by atoms with Gasteiger partial charge < -0.3 is 35.0 Å². The molecule has 0 aromatic heterocycles. The van der Waals surface area contributed by atoms with Crippen molar-refractivity contribution in [3.8, 4) is 11.5 Å². The van der Waals surface area contributed by atoms with Crippen molar-refractivity contribution >= 4 is 11.9 Å². The summed E-state index contributed by atoms with van der Waals surface area (Å²) in [5.41, 5.74) is -0.00736. The standard InChI is InChI=1S/C20H20O9/c21-9-15-8-16(22)17(23)18(29-15)10-2-1-3-13(5-10)28-14-6-11(19(24)25)4-12(7-14)20(26)27/h1-7,15-18,21-23H,8-9H2,(H,24,25)(H,26,27). The molecule has 2 aromatic rings. The lowest BCUT2D eigenvalue weighted by atomic mass is 9.93. The van der Waals surface area contributed by atoms with Crippen LogP contribution in [0, 0.1) is 0 Å². The fourth-order valence-corrected chi connectivity index (χ4v) is 3.14. The van der Waals surface area contributed by atoms with Crippen LogP contribution in [0.3, 0.4) is 0 Å². The van der Waals surface area contributed by atoms with Gasteiger partial charge in [0.25, 0.3) is 0 Å². The topological polar surface area (TPSA) is 154 Å². The van der Waals surface area contributed by atoms with Crippen molar-refractivity contribution in [3.05, 3.63) is 59.2 Å². The maximum atomic E-state index is 11.2. The summed E-state index contributed by atoms with van der Waals surface area (Å²) < 4.78 is 11.3. The molecule has 4 atom stereocenters. The molecule has 0 aliphatic carbocycles. The minimum absolute atomic E-state index is 0.0119. The van der Waals surface area contributed by atoms with Crippen molar-refractivity contribution in [1.82, 2.24) is 0 Å². The summed E-state index contributed by atoms with van der Waals surface area (Å²) >= 11 is 0. The van der Waals surface area contributed by atoms with E-state index in [1.165, 1.54) is 18.2 Å². The van der Waals surface area contributed by atoms with Crippen molar-refractivity contribution in [1.29, 1.82) is 0 Å². The first-order chi connectivity index (χ1) is 13.8. The Kier molecular flexibility index (Phi) is 6.14. The van der Waals surface area contributed by atoms with Gasteiger partial charge >= 0.3 is 11.9 Å². The number of hydrogen-bond acceptors (Lipinski definition) is 7. The number of carboxylic acid groups (broad SMARTS) is 2. The maximum absolute atomic E-state index is 11.2. The van der Waals surface area contributed by atoms with E-state index in [0.717, 1.165) is 6.07 Å². The lowest BCUT2D eigenvalue weighted by Crippen LogP contribution is -2.44. The number of benzene rings is 2. The molecule has 0 bridgehead atoms. The van der Waals surface area contributed by atoms with E-state index >= 15 is 0 Å². The van der Waals surface area contributed by atoms with E-state index in [0.29, 0.717) is 5.56 Å². The van der Waals surface area contributed by atoms with Crippen LogP contribution in [0.2, 0.25) is 0 Å². The molecule has 0 amide bonds. The van der Waals surface area contributed by atoms with Crippen LogP contribution in [0.15, 0.2) is 42.5 Å². The zero-order chi connectivity index (χ0) is 21.1. The number of hydrogen-bond donors (Lipinski definition) is 5. The Morgan fingerprint density at radius 1 is 1.00 bits per heavy atom. The van der Waals surface area contributed by atoms with E-state index in [1.54, 1.807) is 18.2 Å². The largest absolute Gasteiger partial charge is 0.478 e. The third-order valence-corrected chi connectivity index (χ3v) is 4.57. The molecular formula is C20H20O9. The summed E-state index contributed by atoms with van der Waals surface area (Å²) in [7, 11) is 0. The Labute approximate surface area is 165 Å². The minimum atomic E-state index is -1.30. The number of carboxylic acids is 2. The summed E-state index contributed by atoms with van der Waals surface area (Å²) in [6, 6.07) is 9.74. The van der Waals surface area contributed by atoms with Crippen molar-refractivity contribution in [2.24, 2.45) is 0 Å². The summed E-state index contributed by atoms with van der Waals surface area (Å²) in [5, 5.41) is 47.9. The van der Waals surface area contributed by atoms with Gasteiger partial charge in [0, 0.05) is 6.42 Å². The Bertz CT molecular complexity index is 878. The summed E-state index contributed by atoms with van der Waals surface area (Å²) in [5.74, 6) is -2.33. The second kappa shape index (κ2) is 8.58. The molecule has 154 valence electrons. The molecule has 9 nitrogen and oxygen atoms in total. The molecule has 1 fully saturated rings. The lowest BCUT2D eigenvalue weighted by Gasteiger charge is -2.36. The number of ether oxygens (including phenoxy) is 2. The van der Waals surface area contributed by atoms with Gasteiger partial charge in [0.15, 0.2) is 0 Å². The maximum Gasteiger partial charge on any atom is 0.335 e. The van der Waals surface area contributed by atoms with Crippen molar-refractivity contribution < 1.29 is 44.6 Å². The van der Waals surface area contributed by atoms with Crippen LogP contribution in [0.1, 0.15) is 38.8 Å². The fraction of sp³-hybridized carbons (Fsp3) is 0.300. The van der Waals surface area contributed by atoms with Gasteiger partial charge in [0.2, 0.25) is 0 Å². The molecule has 9 heteroatoms. The van der Waals surface area contributed by atoms with Crippen LogP contribution in [0.25, 0.3) is 0 Å². The number of rotatable bonds is 6. The van der Waals surface area contributed by atoms with Crippen LogP contribution >= 0.6 is 0 Å². The second-order valence-corrected chi connectivity index (χ2v) is 6.69. The van der Waals surface area contributed by atoms with Crippen LogP contribution in [-0.4, -0.2) is 62.4 Å². The fourth-order valence-electron chi connectivity index (χ4n) is 3.14. The normalized spacial score (nSPS) is 24.1. The van der Waals surface area contributed by atoms with Gasteiger partial charge in [-0.25, -0.2) is 9.59 Å². The summed E-state index contributed by atoms with van der Waals surface area (Å²) in [6.07, 6.45) is -3.71. The third-order valence-electron chi connectivity index (χ3n) is 4.57. The van der Waals surface area contributed by atoms with E-state index < -0.39 is 36.4 Å². The Balaban J connectivity index is 1.89. The van der Waals surface area contributed by atoms with Gasteiger partial charge in [-0.1, -0.05) is 12.1 Å². The molecule has 0 saturated carbocycles. The molecule has 0 spiro atoms. The molecule has 0 radical (unpaired) electrons. The molecule has 1 aliphatic rings. The number of aliphatic hydroxyl groups excluding tert-OH is 3. The molecule has 1 saturated heterocycles. The molecule has 3 rings (SSSR count). The van der Waals surface area contributed by atoms with Crippen LogP contribution in [0.4, 0.5) is 0 Å². The minimum Gasteiger partial charge on any atom is -0.478 e. The van der Waals surface area contributed by atoms with Crippen LogP contribution in [-0.2, 0) is 4.74 Å². The highest BCUT2D eigenvalue weighted by atomic mass is 16.5. The third kappa shape index (κ3) is 4.72. The van der Waals surface area contributed by atoms with E-state index in [4.69, 9.17) is 19.7 Å². The highest BCUT2D eigenvalue weighted by Gasteiger charge is 2.37. The lowest BCUT2D eigenvalue weighted by molar-refractivity contribution is -0.179. The summed E-state index contributed by atoms with van der Waals surface area (Å²) in [6.45, 7) is -0.309. The highest BCUT2D eigenvalue weighted by molar-refractivity contribution is 5.94. The van der Waals surface area contributed by atoms with Gasteiger partial charge in [-0.05, 0) is 35.9 Å². The zero-order valence-electron chi connectivity index (χ0n) is 15.1. The van der Waals surface area contributed by atoms with Crippen molar-refractivity contribution in [3.63, 3.8) is 0 Å². The first kappa shape index (κ1) is 20.7. The molecular weight excluding hydrogens is 384 g/mol. The second-order valence-electron chi connectivity index (χ2n) is 6.69. The van der Waals surface area contributed by atoms with Crippen LogP contribution < -0.4 is 4.74 Å². The average Bonchev–Trinajstić information content (AvgIpc) is 2.69. The number of aliphatic hydroxyl groups is 3. The van der Waals surface area contributed by atoms with Gasteiger partial charge in [-0.15, -0.1) is 0 Å². The molecule has 5 N–H and O–H groups in total. The first-order valence-corrected chi connectivity index (χ1v) is 8.80. The van der Waals surface area contributed by atoms with Gasteiger partial charge in [-0.3, -0.25) is 0 Å². The Morgan fingerprint density at radius 3 is 2.24 bits per heavy atom. The van der Waals surface area contributed by atoms with E-state index in [1.807, 2.05) is 0 Å². The molecule has 2 aromatic carbocycles. The van der Waals surface area contributed by atoms with Crippen LogP contribution in [0.5, 0.6) is 11.5 Å². The quantitative estimate of drug-likeness (QED) is 0.481. The average molecular weight is 404 g/mol. The molecule has 1 aliphatic heterocycles. The predicted molar refractivity (Wildman–Crippen MR) is 98.2 cm³/mol. The van der Waals surface area contributed by atoms with Crippen molar-refractivity contribution in [2.75, 3.05) is 6.61 Å². The van der Waals surface area contributed by atoms with Crippen molar-refractivity contribution in [2.45, 2.75) is 30.8 Å². The summed E-state index contributed by atoms with van der Waals surface area (Å²) in [4.78, 5) is 22.5. The molecule has 29 heavy (non-hydrogen) atoms. The Morgan fingerprint density at radius 2 is 1.66 bits per heavy atom. The predicted octanol–water partition coefficient (Wildman–Crippen LogP) is 1.42. The molecule has 4 unspecified atom stereocenters. The van der Waals surface area contributed by atoms with E-state index in [-0.39, 0.29) is 35.7 Å².